The van der Waals surface area contributed by atoms with Gasteiger partial charge in [-0.15, -0.1) is 0 Å². The first kappa shape index (κ1) is 13.3. The fourth-order valence-electron chi connectivity index (χ4n) is 3.68. The van der Waals surface area contributed by atoms with Gasteiger partial charge in [0.1, 0.15) is 10.5 Å². The predicted molar refractivity (Wildman–Crippen MR) is 81.1 cm³/mol. The summed E-state index contributed by atoms with van der Waals surface area (Å²) in [6, 6.07) is 0. The minimum absolute atomic E-state index is 0.622. The topological polar surface area (TPSA) is 28.7 Å². The summed E-state index contributed by atoms with van der Waals surface area (Å²) >= 11 is 5.51. The quantitative estimate of drug-likeness (QED) is 0.793. The highest BCUT2D eigenvalue weighted by Crippen LogP contribution is 2.36. The van der Waals surface area contributed by atoms with E-state index in [9.17, 15) is 0 Å². The first-order valence-electron chi connectivity index (χ1n) is 7.90. The number of hydrogen-bond acceptors (Lipinski definition) is 2. The number of aromatic nitrogens is 2. The molecule has 1 fully saturated rings. The van der Waals surface area contributed by atoms with E-state index in [1.54, 1.807) is 0 Å². The number of rotatable bonds is 2. The van der Waals surface area contributed by atoms with Crippen molar-refractivity contribution in [1.82, 2.24) is 9.97 Å². The molecule has 0 saturated heterocycles. The molecule has 0 radical (unpaired) electrons. The Kier molecular flexibility index (Phi) is 4.01. The van der Waals surface area contributed by atoms with E-state index >= 15 is 0 Å². The summed E-state index contributed by atoms with van der Waals surface area (Å²) in [5.41, 5.74) is 2.71. The van der Waals surface area contributed by atoms with Crippen molar-refractivity contribution in [3.05, 3.63) is 21.7 Å². The molecule has 1 aromatic rings. The number of aryl methyl sites for hydroxylation is 1. The van der Waals surface area contributed by atoms with Crippen molar-refractivity contribution in [2.45, 2.75) is 70.6 Å². The van der Waals surface area contributed by atoms with Crippen LogP contribution >= 0.6 is 12.2 Å². The van der Waals surface area contributed by atoms with Crippen LogP contribution in [-0.4, -0.2) is 9.97 Å². The Balaban J connectivity index is 1.82. The summed E-state index contributed by atoms with van der Waals surface area (Å²) in [5.74, 6) is 2.74. The molecular formula is C16H24N2S. The molecule has 0 spiro atoms. The third-order valence-corrected chi connectivity index (χ3v) is 5.38. The lowest BCUT2D eigenvalue weighted by Crippen LogP contribution is -2.17. The highest BCUT2D eigenvalue weighted by Gasteiger charge is 2.24. The fraction of sp³-hybridized carbons (Fsp3) is 0.750. The van der Waals surface area contributed by atoms with E-state index in [1.165, 1.54) is 68.4 Å². The van der Waals surface area contributed by atoms with Crippen LogP contribution in [0.3, 0.4) is 0 Å². The molecule has 1 heterocycles. The van der Waals surface area contributed by atoms with Crippen LogP contribution in [0.5, 0.6) is 0 Å². The Bertz CT molecular complexity index is 498. The normalized spacial score (nSPS) is 27.0. The second-order valence-corrected chi connectivity index (χ2v) is 6.60. The highest BCUT2D eigenvalue weighted by molar-refractivity contribution is 7.71. The van der Waals surface area contributed by atoms with E-state index < -0.39 is 0 Å². The first-order chi connectivity index (χ1) is 9.28. The van der Waals surface area contributed by atoms with Crippen LogP contribution in [0.25, 0.3) is 0 Å². The number of H-pyrrole nitrogens is 1. The van der Waals surface area contributed by atoms with E-state index in [-0.39, 0.29) is 0 Å². The van der Waals surface area contributed by atoms with Gasteiger partial charge in [-0.3, -0.25) is 0 Å². The lowest BCUT2D eigenvalue weighted by Gasteiger charge is -2.28. The molecule has 0 atom stereocenters. The number of hydrogen-bond donors (Lipinski definition) is 1. The molecule has 1 saturated carbocycles. The molecule has 104 valence electrons. The van der Waals surface area contributed by atoms with Crippen LogP contribution in [-0.2, 0) is 12.8 Å². The Hall–Kier alpha value is -0.700. The highest BCUT2D eigenvalue weighted by atomic mass is 32.1. The molecule has 3 heteroatoms. The van der Waals surface area contributed by atoms with Gasteiger partial charge in [0.2, 0.25) is 0 Å². The van der Waals surface area contributed by atoms with Crippen LogP contribution in [0.1, 0.15) is 74.9 Å². The van der Waals surface area contributed by atoms with Gasteiger partial charge in [-0.2, -0.15) is 0 Å². The molecule has 19 heavy (non-hydrogen) atoms. The summed E-state index contributed by atoms with van der Waals surface area (Å²) in [4.78, 5) is 8.35. The number of nitrogens with zero attached hydrogens (tertiary/aromatic N) is 1. The van der Waals surface area contributed by atoms with Crippen LogP contribution in [0.4, 0.5) is 0 Å². The Labute approximate surface area is 121 Å². The van der Waals surface area contributed by atoms with Crippen LogP contribution < -0.4 is 0 Å². The summed E-state index contributed by atoms with van der Waals surface area (Å²) < 4.78 is 0.876. The van der Waals surface area contributed by atoms with Crippen molar-refractivity contribution in [1.29, 1.82) is 0 Å². The molecular weight excluding hydrogens is 252 g/mol. The fourth-order valence-corrected chi connectivity index (χ4v) is 4.00. The SMILES string of the molecule is CCC1CCC(c2nc(=S)c3c([nH]2)CCCC3)CC1. The Morgan fingerprint density at radius 2 is 1.89 bits per heavy atom. The van der Waals surface area contributed by atoms with Gasteiger partial charge in [0, 0.05) is 17.2 Å². The van der Waals surface area contributed by atoms with Crippen molar-refractivity contribution in [2.75, 3.05) is 0 Å². The van der Waals surface area contributed by atoms with Crippen LogP contribution in [0, 0.1) is 10.6 Å². The third-order valence-electron chi connectivity index (χ3n) is 5.04. The van der Waals surface area contributed by atoms with Crippen molar-refractivity contribution >= 4 is 12.2 Å². The molecule has 3 rings (SSSR count). The first-order valence-corrected chi connectivity index (χ1v) is 8.30. The maximum absolute atomic E-state index is 5.51. The Morgan fingerprint density at radius 3 is 2.63 bits per heavy atom. The standard InChI is InChI=1S/C16H24N2S/c1-2-11-7-9-12(10-8-11)15-17-14-6-4-3-5-13(14)16(19)18-15/h11-12H,2-10H2,1H3,(H,17,18,19). The molecule has 0 aliphatic heterocycles. The van der Waals surface area contributed by atoms with Gasteiger partial charge in [-0.25, -0.2) is 4.98 Å². The molecule has 2 aliphatic rings. The molecule has 1 aromatic heterocycles. The van der Waals surface area contributed by atoms with E-state index in [0.29, 0.717) is 5.92 Å². The smallest absolute Gasteiger partial charge is 0.133 e. The van der Waals surface area contributed by atoms with Gasteiger partial charge in [-0.1, -0.05) is 25.6 Å². The number of fused-ring (bicyclic) bond motifs is 1. The zero-order valence-electron chi connectivity index (χ0n) is 11.9. The van der Waals surface area contributed by atoms with E-state index in [4.69, 9.17) is 17.2 Å². The van der Waals surface area contributed by atoms with Crippen molar-refractivity contribution in [3.8, 4) is 0 Å². The lowest BCUT2D eigenvalue weighted by molar-refractivity contribution is 0.311. The minimum atomic E-state index is 0.622. The monoisotopic (exact) mass is 276 g/mol. The molecule has 0 aromatic carbocycles. The predicted octanol–water partition coefficient (Wildman–Crippen LogP) is 4.70. The van der Waals surface area contributed by atoms with E-state index in [0.717, 1.165) is 17.0 Å². The van der Waals surface area contributed by atoms with Gasteiger partial charge < -0.3 is 4.98 Å². The second kappa shape index (κ2) is 5.74. The lowest BCUT2D eigenvalue weighted by atomic mass is 9.80. The summed E-state index contributed by atoms with van der Waals surface area (Å²) in [7, 11) is 0. The number of nitrogens with one attached hydrogen (secondary N) is 1. The zero-order valence-corrected chi connectivity index (χ0v) is 12.7. The van der Waals surface area contributed by atoms with Gasteiger partial charge in [0.15, 0.2) is 0 Å². The maximum atomic E-state index is 5.51. The van der Waals surface area contributed by atoms with Crippen molar-refractivity contribution in [3.63, 3.8) is 0 Å². The van der Waals surface area contributed by atoms with Gasteiger partial charge in [0.25, 0.3) is 0 Å². The van der Waals surface area contributed by atoms with Crippen LogP contribution in [0.2, 0.25) is 0 Å². The number of aromatic amines is 1. The average molecular weight is 276 g/mol. The maximum Gasteiger partial charge on any atom is 0.133 e. The van der Waals surface area contributed by atoms with Crippen molar-refractivity contribution in [2.24, 2.45) is 5.92 Å². The molecule has 0 unspecified atom stereocenters. The Morgan fingerprint density at radius 1 is 1.16 bits per heavy atom. The van der Waals surface area contributed by atoms with Crippen LogP contribution in [0.15, 0.2) is 0 Å². The molecule has 2 nitrogen and oxygen atoms in total. The average Bonchev–Trinajstić information content (AvgIpc) is 2.47. The molecule has 0 amide bonds. The van der Waals surface area contributed by atoms with E-state index in [2.05, 4.69) is 11.9 Å². The minimum Gasteiger partial charge on any atom is -0.347 e. The van der Waals surface area contributed by atoms with E-state index in [1.807, 2.05) is 0 Å². The zero-order chi connectivity index (χ0) is 13.2. The second-order valence-electron chi connectivity index (χ2n) is 6.22. The molecule has 0 bridgehead atoms. The van der Waals surface area contributed by atoms with Gasteiger partial charge in [0.05, 0.1) is 0 Å². The van der Waals surface area contributed by atoms with Crippen molar-refractivity contribution < 1.29 is 0 Å². The largest absolute Gasteiger partial charge is 0.347 e. The third kappa shape index (κ3) is 2.76. The molecule has 2 aliphatic carbocycles. The molecule has 1 N–H and O–H groups in total. The van der Waals surface area contributed by atoms with Gasteiger partial charge in [-0.05, 0) is 57.3 Å². The summed E-state index contributed by atoms with van der Waals surface area (Å²) in [6.07, 6.45) is 11.5. The summed E-state index contributed by atoms with van der Waals surface area (Å²) in [6.45, 7) is 2.32. The van der Waals surface area contributed by atoms with Gasteiger partial charge >= 0.3 is 0 Å². The summed E-state index contributed by atoms with van der Waals surface area (Å²) in [5, 5.41) is 0.